The second kappa shape index (κ2) is 16.3. The van der Waals surface area contributed by atoms with Gasteiger partial charge in [-0.2, -0.15) is 0 Å². The molecule has 5 rings (SSSR count). The van der Waals surface area contributed by atoms with Crippen molar-refractivity contribution in [3.8, 4) is 23.0 Å². The Bertz CT molecular complexity index is 1990. The summed E-state index contributed by atoms with van der Waals surface area (Å²) in [4.78, 5) is 38.2. The van der Waals surface area contributed by atoms with Gasteiger partial charge in [0.2, 0.25) is 0 Å². The van der Waals surface area contributed by atoms with E-state index in [4.69, 9.17) is 0 Å². The topological polar surface area (TPSA) is 81.3 Å². The van der Waals surface area contributed by atoms with Crippen molar-refractivity contribution in [3.05, 3.63) is 124 Å². The zero-order chi connectivity index (χ0) is 34.9. The molecule has 0 saturated heterocycles. The van der Waals surface area contributed by atoms with Gasteiger partial charge in [-0.05, 0) is 95.6 Å². The van der Waals surface area contributed by atoms with Crippen LogP contribution in [0.25, 0.3) is 22.2 Å². The number of aromatic nitrogens is 2. The molecule has 2 amide bonds. The molecule has 2 N–H and O–H groups in total. The van der Waals surface area contributed by atoms with Crippen LogP contribution < -0.4 is 15.8 Å². The van der Waals surface area contributed by atoms with Gasteiger partial charge in [0, 0.05) is 35.9 Å². The first-order chi connectivity index (χ1) is 23.6. The minimum Gasteiger partial charge on any atom is -0.307 e. The molecular weight excluding hydrogens is 606 g/mol. The summed E-state index contributed by atoms with van der Waals surface area (Å²) in [6.07, 6.45) is 3.28. The lowest BCUT2D eigenvalue weighted by molar-refractivity contribution is 0.256. The molecule has 2 aromatic heterocycles. The Morgan fingerprint density at radius 1 is 0.898 bits per heavy atom. The van der Waals surface area contributed by atoms with Gasteiger partial charge in [0.05, 0.1) is 6.54 Å². The van der Waals surface area contributed by atoms with Crippen LogP contribution in [-0.4, -0.2) is 41.0 Å². The molecule has 5 aromatic rings. The summed E-state index contributed by atoms with van der Waals surface area (Å²) in [5.74, 6) is 6.96. The maximum absolute atomic E-state index is 14.1. The van der Waals surface area contributed by atoms with Gasteiger partial charge in [0.1, 0.15) is 11.3 Å². The largest absolute Gasteiger partial charge is 0.326 e. The number of carbonyl (C=O) groups excluding carboxylic acids is 1. The quantitative estimate of drug-likeness (QED) is 0.139. The molecule has 3 aromatic carbocycles. The summed E-state index contributed by atoms with van der Waals surface area (Å²) < 4.78 is 0. The van der Waals surface area contributed by atoms with E-state index in [9.17, 15) is 9.59 Å². The van der Waals surface area contributed by atoms with Crippen molar-refractivity contribution in [3.63, 3.8) is 0 Å². The minimum absolute atomic E-state index is 0.134. The number of hydrogen-bond donors (Lipinski definition) is 2. The molecule has 7 heteroatoms. The molecule has 0 spiro atoms. The molecular formula is C42H47N5O2. The lowest BCUT2D eigenvalue weighted by Gasteiger charge is -2.27. The Balaban J connectivity index is 1.44. The maximum atomic E-state index is 14.1. The smallest absolute Gasteiger partial charge is 0.307 e. The third-order valence-corrected chi connectivity index (χ3v) is 8.62. The summed E-state index contributed by atoms with van der Waals surface area (Å²) in [5, 5.41) is 4.03. The summed E-state index contributed by atoms with van der Waals surface area (Å²) >= 11 is 0. The molecule has 0 aliphatic rings. The van der Waals surface area contributed by atoms with Gasteiger partial charge in [-0.1, -0.05) is 95.3 Å². The van der Waals surface area contributed by atoms with Crippen LogP contribution in [0.5, 0.6) is 0 Å². The van der Waals surface area contributed by atoms with Gasteiger partial charge < -0.3 is 10.3 Å². The molecule has 7 nitrogen and oxygen atoms in total. The summed E-state index contributed by atoms with van der Waals surface area (Å²) in [6.45, 7) is 12.6. The van der Waals surface area contributed by atoms with E-state index in [0.29, 0.717) is 24.4 Å². The van der Waals surface area contributed by atoms with E-state index in [-0.39, 0.29) is 23.4 Å². The Morgan fingerprint density at radius 2 is 1.63 bits per heavy atom. The number of anilines is 2. The number of nitrogens with one attached hydrogen (secondary N) is 2. The fourth-order valence-electron chi connectivity index (χ4n) is 5.96. The zero-order valence-electron chi connectivity index (χ0n) is 29.5. The Morgan fingerprint density at radius 3 is 2.33 bits per heavy atom. The number of unbranched alkanes of at least 4 members (excludes halogenated alkanes) is 1. The monoisotopic (exact) mass is 653 g/mol. The molecule has 0 aliphatic heterocycles. The standard InChI is InChI=1S/C42H47N5O2/c1-7-8-23-47(38-27-34-20-13-21-43-40(34)45-41(38)48)42(49)44-39-36(29(2)3)25-35(26-37(39)30(4)5)33-19-12-17-31(24-33)18-14-22-46(6)28-32-15-10-9-11-16-32/h9-13,15-17,19-21,24-27,29-30H,7-8,22-23,28H2,1-6H3,(H,44,49)(H,43,45,48). The van der Waals surface area contributed by atoms with Crippen LogP contribution in [0, 0.1) is 11.8 Å². The molecule has 0 unspecified atom stereocenters. The van der Waals surface area contributed by atoms with Crippen LogP contribution in [-0.2, 0) is 6.54 Å². The average Bonchev–Trinajstić information content (AvgIpc) is 3.09. The van der Waals surface area contributed by atoms with Gasteiger partial charge in [0.25, 0.3) is 5.56 Å². The van der Waals surface area contributed by atoms with Gasteiger partial charge in [0.15, 0.2) is 0 Å². The fraction of sp³-hybridized carbons (Fsp3) is 0.310. The molecule has 0 atom stereocenters. The number of aromatic amines is 1. The van der Waals surface area contributed by atoms with Crippen LogP contribution in [0.3, 0.4) is 0 Å². The molecule has 252 valence electrons. The highest BCUT2D eigenvalue weighted by atomic mass is 16.2. The van der Waals surface area contributed by atoms with Crippen molar-refractivity contribution in [1.82, 2.24) is 14.9 Å². The van der Waals surface area contributed by atoms with Crippen molar-refractivity contribution in [2.45, 2.75) is 65.8 Å². The molecule has 2 heterocycles. The van der Waals surface area contributed by atoms with Gasteiger partial charge in [-0.15, -0.1) is 0 Å². The van der Waals surface area contributed by atoms with Crippen molar-refractivity contribution < 1.29 is 4.79 Å². The fourth-order valence-corrected chi connectivity index (χ4v) is 5.96. The lowest BCUT2D eigenvalue weighted by Crippen LogP contribution is -2.39. The highest BCUT2D eigenvalue weighted by Gasteiger charge is 2.24. The number of fused-ring (bicyclic) bond motifs is 1. The first kappa shape index (κ1) is 35.1. The molecule has 0 saturated carbocycles. The number of pyridine rings is 2. The molecule has 49 heavy (non-hydrogen) atoms. The van der Waals surface area contributed by atoms with Crippen LogP contribution >= 0.6 is 0 Å². The van der Waals surface area contributed by atoms with Crippen molar-refractivity contribution in [2.75, 3.05) is 30.4 Å². The van der Waals surface area contributed by atoms with Gasteiger partial charge in [-0.3, -0.25) is 14.6 Å². The summed E-state index contributed by atoms with van der Waals surface area (Å²) in [7, 11) is 2.08. The van der Waals surface area contributed by atoms with Crippen LogP contribution in [0.2, 0.25) is 0 Å². The number of benzene rings is 3. The number of H-pyrrole nitrogens is 1. The van der Waals surface area contributed by atoms with Crippen LogP contribution in [0.15, 0.2) is 95.9 Å². The minimum atomic E-state index is -0.341. The Kier molecular flexibility index (Phi) is 11.7. The molecule has 0 radical (unpaired) electrons. The normalized spacial score (nSPS) is 11.2. The van der Waals surface area contributed by atoms with Gasteiger partial charge >= 0.3 is 6.03 Å². The van der Waals surface area contributed by atoms with Crippen LogP contribution in [0.4, 0.5) is 16.2 Å². The van der Waals surface area contributed by atoms with E-state index in [1.54, 1.807) is 17.2 Å². The average molecular weight is 654 g/mol. The highest BCUT2D eigenvalue weighted by Crippen LogP contribution is 2.38. The van der Waals surface area contributed by atoms with Gasteiger partial charge in [-0.25, -0.2) is 9.78 Å². The Labute approximate surface area is 290 Å². The van der Waals surface area contributed by atoms with E-state index in [0.717, 1.165) is 58.3 Å². The SMILES string of the molecule is CCCCN(C(=O)Nc1c(C(C)C)cc(-c2cccc(C#CCN(C)Cc3ccccc3)c2)cc1C(C)C)c1cc2cccnc2[nH]c1=O. The third-order valence-electron chi connectivity index (χ3n) is 8.62. The number of amides is 2. The zero-order valence-corrected chi connectivity index (χ0v) is 29.5. The molecule has 0 aliphatic carbocycles. The van der Waals surface area contributed by atoms with E-state index in [2.05, 4.69) is 128 Å². The van der Waals surface area contributed by atoms with Crippen molar-refractivity contribution >= 4 is 28.4 Å². The number of nitrogens with zero attached hydrogens (tertiary/aromatic N) is 3. The predicted octanol–water partition coefficient (Wildman–Crippen LogP) is 9.16. The van der Waals surface area contributed by atoms with E-state index in [1.165, 1.54) is 5.56 Å². The van der Waals surface area contributed by atoms with E-state index in [1.807, 2.05) is 24.3 Å². The second-order valence-electron chi connectivity index (χ2n) is 13.2. The van der Waals surface area contributed by atoms with Crippen molar-refractivity contribution in [1.29, 1.82) is 0 Å². The lowest BCUT2D eigenvalue weighted by atomic mass is 9.88. The number of carbonyl (C=O) groups is 1. The van der Waals surface area contributed by atoms with E-state index < -0.39 is 0 Å². The van der Waals surface area contributed by atoms with E-state index >= 15 is 0 Å². The summed E-state index contributed by atoms with van der Waals surface area (Å²) in [5.41, 5.74) is 7.74. The second-order valence-corrected chi connectivity index (χ2v) is 13.2. The first-order valence-corrected chi connectivity index (χ1v) is 17.2. The first-order valence-electron chi connectivity index (χ1n) is 17.2. The van der Waals surface area contributed by atoms with Crippen LogP contribution in [0.1, 0.15) is 81.5 Å². The number of hydrogen-bond acceptors (Lipinski definition) is 4. The summed E-state index contributed by atoms with van der Waals surface area (Å²) in [6, 6.07) is 28.3. The third kappa shape index (κ3) is 8.84. The molecule has 0 bridgehead atoms. The highest BCUT2D eigenvalue weighted by molar-refractivity contribution is 6.03. The maximum Gasteiger partial charge on any atom is 0.326 e. The number of rotatable bonds is 11. The molecule has 0 fully saturated rings. The number of urea groups is 1. The predicted molar refractivity (Wildman–Crippen MR) is 203 cm³/mol. The Hall–Kier alpha value is -5.19. The van der Waals surface area contributed by atoms with Crippen molar-refractivity contribution in [2.24, 2.45) is 0 Å².